The number of nitrogens with two attached hydrogens (primary N) is 1. The van der Waals surface area contributed by atoms with E-state index in [0.717, 1.165) is 19.4 Å². The number of unbranched alkanes of at least 4 members (excludes halogenated alkanes) is 5. The summed E-state index contributed by atoms with van der Waals surface area (Å²) >= 11 is 0. The van der Waals surface area contributed by atoms with Gasteiger partial charge in [-0.3, -0.25) is 0 Å². The van der Waals surface area contributed by atoms with Crippen LogP contribution in [-0.2, 0) is 13.0 Å². The normalized spacial score (nSPS) is 12.8. The quantitative estimate of drug-likeness (QED) is 0.622. The van der Waals surface area contributed by atoms with Gasteiger partial charge in [0.25, 0.3) is 0 Å². The summed E-state index contributed by atoms with van der Waals surface area (Å²) in [5.41, 5.74) is 7.36. The van der Waals surface area contributed by atoms with Crippen LogP contribution in [0.2, 0.25) is 0 Å². The summed E-state index contributed by atoms with van der Waals surface area (Å²) in [7, 11) is 0. The van der Waals surface area contributed by atoms with E-state index in [1.54, 1.807) is 0 Å². The largest absolute Gasteiger partial charge is 0.354 e. The maximum Gasteiger partial charge on any atom is 0.0219 e. The smallest absolute Gasteiger partial charge is 0.0219 e. The number of aryl methyl sites for hydroxylation is 1. The first-order valence-corrected chi connectivity index (χ1v) is 7.66. The van der Waals surface area contributed by atoms with Crippen LogP contribution < -0.4 is 5.73 Å². The van der Waals surface area contributed by atoms with E-state index < -0.39 is 0 Å². The molecule has 2 heteroatoms. The van der Waals surface area contributed by atoms with E-state index in [2.05, 4.69) is 36.9 Å². The molecule has 0 aromatic carbocycles. The molecule has 0 aliphatic heterocycles. The molecule has 0 saturated heterocycles. The van der Waals surface area contributed by atoms with E-state index in [1.165, 1.54) is 44.1 Å². The zero-order valence-corrected chi connectivity index (χ0v) is 12.2. The van der Waals surface area contributed by atoms with Crippen molar-refractivity contribution in [3.63, 3.8) is 0 Å². The van der Waals surface area contributed by atoms with E-state index in [-0.39, 0.29) is 0 Å². The molecule has 1 atom stereocenters. The summed E-state index contributed by atoms with van der Waals surface area (Å²) in [5.74, 6) is 0. The average Bonchev–Trinajstić information content (AvgIpc) is 2.81. The van der Waals surface area contributed by atoms with Crippen molar-refractivity contribution < 1.29 is 0 Å². The Morgan fingerprint density at radius 1 is 1.11 bits per heavy atom. The molecule has 18 heavy (non-hydrogen) atoms. The van der Waals surface area contributed by atoms with Gasteiger partial charge < -0.3 is 10.3 Å². The van der Waals surface area contributed by atoms with Crippen LogP contribution >= 0.6 is 0 Å². The van der Waals surface area contributed by atoms with Gasteiger partial charge in [-0.1, -0.05) is 46.0 Å². The highest BCUT2D eigenvalue weighted by Crippen LogP contribution is 2.09. The molecule has 0 radical (unpaired) electrons. The monoisotopic (exact) mass is 250 g/mol. The average molecular weight is 250 g/mol. The molecular formula is C16H30N2. The van der Waals surface area contributed by atoms with Gasteiger partial charge >= 0.3 is 0 Å². The standard InChI is InChI=1S/C16H30N2/c1-3-5-6-7-8-9-11-18-12-10-15(14-18)13-16(17)4-2/h10,12,14,16H,3-9,11,13,17H2,1-2H3. The van der Waals surface area contributed by atoms with Crippen LogP contribution in [0.4, 0.5) is 0 Å². The van der Waals surface area contributed by atoms with E-state index in [1.807, 2.05) is 0 Å². The number of aromatic nitrogens is 1. The molecule has 2 nitrogen and oxygen atoms in total. The van der Waals surface area contributed by atoms with Crippen molar-refractivity contribution in [1.82, 2.24) is 4.57 Å². The highest BCUT2D eigenvalue weighted by Gasteiger charge is 2.02. The van der Waals surface area contributed by atoms with Crippen LogP contribution in [0.3, 0.4) is 0 Å². The van der Waals surface area contributed by atoms with Gasteiger partial charge in [0.15, 0.2) is 0 Å². The lowest BCUT2D eigenvalue weighted by atomic mass is 10.1. The number of hydrogen-bond donors (Lipinski definition) is 1. The predicted molar refractivity (Wildman–Crippen MR) is 79.8 cm³/mol. The number of nitrogens with zero attached hydrogens (tertiary/aromatic N) is 1. The number of rotatable bonds is 10. The molecule has 0 amide bonds. The summed E-state index contributed by atoms with van der Waals surface area (Å²) < 4.78 is 2.32. The van der Waals surface area contributed by atoms with Crippen LogP contribution in [0, 0.1) is 0 Å². The van der Waals surface area contributed by atoms with Gasteiger partial charge in [0, 0.05) is 25.0 Å². The minimum atomic E-state index is 0.315. The Bertz CT molecular complexity index is 304. The van der Waals surface area contributed by atoms with Gasteiger partial charge in [-0.15, -0.1) is 0 Å². The van der Waals surface area contributed by atoms with Crippen LogP contribution in [0.5, 0.6) is 0 Å². The van der Waals surface area contributed by atoms with Gasteiger partial charge in [0.05, 0.1) is 0 Å². The first-order valence-electron chi connectivity index (χ1n) is 7.66. The minimum absolute atomic E-state index is 0.315. The van der Waals surface area contributed by atoms with Gasteiger partial charge in [0.2, 0.25) is 0 Å². The molecular weight excluding hydrogens is 220 g/mol. The van der Waals surface area contributed by atoms with Gasteiger partial charge in [-0.2, -0.15) is 0 Å². The van der Waals surface area contributed by atoms with Gasteiger partial charge in [-0.25, -0.2) is 0 Å². The highest BCUT2D eigenvalue weighted by atomic mass is 14.9. The van der Waals surface area contributed by atoms with Crippen molar-refractivity contribution in [2.24, 2.45) is 5.73 Å². The molecule has 1 heterocycles. The third-order valence-corrected chi connectivity index (χ3v) is 3.60. The Morgan fingerprint density at radius 3 is 2.56 bits per heavy atom. The molecule has 0 bridgehead atoms. The summed E-state index contributed by atoms with van der Waals surface area (Å²) in [4.78, 5) is 0. The Hall–Kier alpha value is -0.760. The summed E-state index contributed by atoms with van der Waals surface area (Å²) in [6, 6.07) is 2.53. The second-order valence-corrected chi connectivity index (χ2v) is 5.40. The van der Waals surface area contributed by atoms with E-state index in [9.17, 15) is 0 Å². The molecule has 1 rings (SSSR count). The van der Waals surface area contributed by atoms with Crippen molar-refractivity contribution in [1.29, 1.82) is 0 Å². The summed E-state index contributed by atoms with van der Waals surface area (Å²) in [5, 5.41) is 0. The molecule has 0 fully saturated rings. The van der Waals surface area contributed by atoms with Gasteiger partial charge in [0.1, 0.15) is 0 Å². The second-order valence-electron chi connectivity index (χ2n) is 5.40. The fourth-order valence-corrected chi connectivity index (χ4v) is 2.27. The van der Waals surface area contributed by atoms with Gasteiger partial charge in [-0.05, 0) is 30.9 Å². The predicted octanol–water partition coefficient (Wildman–Crippen LogP) is 4.13. The topological polar surface area (TPSA) is 30.9 Å². The molecule has 0 spiro atoms. The van der Waals surface area contributed by atoms with Crippen LogP contribution in [0.1, 0.15) is 64.4 Å². The minimum Gasteiger partial charge on any atom is -0.354 e. The van der Waals surface area contributed by atoms with Crippen molar-refractivity contribution in [2.45, 2.75) is 77.8 Å². The van der Waals surface area contributed by atoms with Crippen LogP contribution in [-0.4, -0.2) is 10.6 Å². The Kier molecular flexibility index (Phi) is 7.83. The lowest BCUT2D eigenvalue weighted by Crippen LogP contribution is -2.21. The third-order valence-electron chi connectivity index (χ3n) is 3.60. The zero-order chi connectivity index (χ0) is 13.2. The fourth-order valence-electron chi connectivity index (χ4n) is 2.27. The SMILES string of the molecule is CCCCCCCCn1ccc(CC(N)CC)c1. The molecule has 104 valence electrons. The third kappa shape index (κ3) is 6.25. The molecule has 2 N–H and O–H groups in total. The van der Waals surface area contributed by atoms with Crippen molar-refractivity contribution in [2.75, 3.05) is 0 Å². The Morgan fingerprint density at radius 2 is 1.83 bits per heavy atom. The number of hydrogen-bond acceptors (Lipinski definition) is 1. The second kappa shape index (κ2) is 9.21. The van der Waals surface area contributed by atoms with E-state index in [4.69, 9.17) is 5.73 Å². The summed E-state index contributed by atoms with van der Waals surface area (Å²) in [6.45, 7) is 5.58. The van der Waals surface area contributed by atoms with E-state index >= 15 is 0 Å². The lowest BCUT2D eigenvalue weighted by Gasteiger charge is -2.06. The molecule has 1 unspecified atom stereocenters. The maximum absolute atomic E-state index is 5.97. The maximum atomic E-state index is 5.97. The Labute approximate surface area is 113 Å². The highest BCUT2D eigenvalue weighted by molar-refractivity contribution is 5.11. The Balaban J connectivity index is 2.15. The fraction of sp³-hybridized carbons (Fsp3) is 0.750. The van der Waals surface area contributed by atoms with Crippen LogP contribution in [0.15, 0.2) is 18.5 Å². The van der Waals surface area contributed by atoms with Crippen molar-refractivity contribution in [3.8, 4) is 0 Å². The first kappa shape index (κ1) is 15.3. The molecule has 0 saturated carbocycles. The van der Waals surface area contributed by atoms with Crippen molar-refractivity contribution >= 4 is 0 Å². The molecule has 0 aliphatic rings. The molecule has 0 aliphatic carbocycles. The van der Waals surface area contributed by atoms with Crippen molar-refractivity contribution in [3.05, 3.63) is 24.0 Å². The lowest BCUT2D eigenvalue weighted by molar-refractivity contribution is 0.558. The summed E-state index contributed by atoms with van der Waals surface area (Å²) in [6.07, 6.45) is 14.7. The first-order chi connectivity index (χ1) is 8.76. The van der Waals surface area contributed by atoms with E-state index in [0.29, 0.717) is 6.04 Å². The molecule has 1 aromatic rings. The zero-order valence-electron chi connectivity index (χ0n) is 12.2. The van der Waals surface area contributed by atoms with Crippen LogP contribution in [0.25, 0.3) is 0 Å². The molecule has 1 aromatic heterocycles.